The third-order valence-corrected chi connectivity index (χ3v) is 5.00. The van der Waals surface area contributed by atoms with Crippen LogP contribution in [0.5, 0.6) is 5.75 Å². The molecule has 18 heavy (non-hydrogen) atoms. The first-order valence-electron chi connectivity index (χ1n) is 6.86. The minimum Gasteiger partial charge on any atom is -0.487 e. The van der Waals surface area contributed by atoms with E-state index in [4.69, 9.17) is 4.74 Å². The van der Waals surface area contributed by atoms with Crippen molar-refractivity contribution in [3.63, 3.8) is 0 Å². The molecule has 96 valence electrons. The average Bonchev–Trinajstić information content (AvgIpc) is 2.37. The van der Waals surface area contributed by atoms with Gasteiger partial charge in [-0.15, -0.1) is 0 Å². The largest absolute Gasteiger partial charge is 0.487 e. The first-order chi connectivity index (χ1) is 8.64. The molecule has 0 bridgehead atoms. The lowest BCUT2D eigenvalue weighted by Crippen LogP contribution is -2.52. The van der Waals surface area contributed by atoms with Crippen molar-refractivity contribution in [1.29, 1.82) is 0 Å². The zero-order chi connectivity index (χ0) is 12.8. The van der Waals surface area contributed by atoms with Gasteiger partial charge in [-0.05, 0) is 43.7 Å². The number of para-hydroxylation sites is 1. The van der Waals surface area contributed by atoms with Crippen LogP contribution in [0.4, 0.5) is 0 Å². The molecule has 2 nitrogen and oxygen atoms in total. The highest BCUT2D eigenvalue weighted by Gasteiger charge is 2.48. The van der Waals surface area contributed by atoms with Crippen LogP contribution in [0.25, 0.3) is 0 Å². The van der Waals surface area contributed by atoms with Crippen LogP contribution in [0.1, 0.15) is 32.3 Å². The molecule has 1 saturated carbocycles. The Labute approximate surface area is 108 Å². The monoisotopic (exact) mass is 244 g/mol. The first-order valence-corrected chi connectivity index (χ1v) is 6.86. The number of ether oxygens (including phenoxy) is 1. The Balaban J connectivity index is 1.96. The van der Waals surface area contributed by atoms with Gasteiger partial charge in [0.1, 0.15) is 17.6 Å². The molecule has 0 amide bonds. The second kappa shape index (κ2) is 4.11. The van der Waals surface area contributed by atoms with Gasteiger partial charge in [-0.2, -0.15) is 0 Å². The quantitative estimate of drug-likeness (QED) is 0.709. The van der Waals surface area contributed by atoms with Crippen molar-refractivity contribution in [1.82, 2.24) is 0 Å². The second-order valence-electron chi connectivity index (χ2n) is 6.03. The van der Waals surface area contributed by atoms with E-state index < -0.39 is 0 Å². The van der Waals surface area contributed by atoms with Crippen LogP contribution in [0.15, 0.2) is 24.3 Å². The molecule has 2 heteroatoms. The van der Waals surface area contributed by atoms with E-state index in [1.54, 1.807) is 0 Å². The van der Waals surface area contributed by atoms with Crippen LogP contribution in [-0.2, 0) is 11.2 Å². The highest BCUT2D eigenvalue weighted by Crippen LogP contribution is 2.48. The fourth-order valence-corrected chi connectivity index (χ4v) is 3.74. The normalized spacial score (nSPS) is 38.2. The van der Waals surface area contributed by atoms with Crippen molar-refractivity contribution >= 4 is 6.29 Å². The molecule has 0 aromatic heterocycles. The summed E-state index contributed by atoms with van der Waals surface area (Å²) in [4.78, 5) is 11.2. The minimum absolute atomic E-state index is 0.0900. The van der Waals surface area contributed by atoms with Crippen LogP contribution >= 0.6 is 0 Å². The molecule has 1 aliphatic heterocycles. The number of hydrogen-bond acceptors (Lipinski definition) is 2. The topological polar surface area (TPSA) is 26.3 Å². The fourth-order valence-electron chi connectivity index (χ4n) is 3.74. The van der Waals surface area contributed by atoms with Crippen molar-refractivity contribution in [3.05, 3.63) is 29.8 Å². The predicted molar refractivity (Wildman–Crippen MR) is 70.6 cm³/mol. The average molecular weight is 244 g/mol. The number of fused-ring (bicyclic) bond motifs is 2. The van der Waals surface area contributed by atoms with Gasteiger partial charge in [0.2, 0.25) is 0 Å². The van der Waals surface area contributed by atoms with Gasteiger partial charge in [0.25, 0.3) is 0 Å². The maximum absolute atomic E-state index is 11.2. The van der Waals surface area contributed by atoms with Gasteiger partial charge >= 0.3 is 0 Å². The molecule has 1 aromatic rings. The third-order valence-electron chi connectivity index (χ3n) is 5.00. The van der Waals surface area contributed by atoms with Crippen LogP contribution in [0, 0.1) is 17.8 Å². The Morgan fingerprint density at radius 1 is 1.39 bits per heavy atom. The number of aldehydes is 1. The number of rotatable bonds is 1. The van der Waals surface area contributed by atoms with Crippen molar-refractivity contribution in [3.8, 4) is 5.75 Å². The highest BCUT2D eigenvalue weighted by atomic mass is 16.5. The first kappa shape index (κ1) is 11.8. The lowest BCUT2D eigenvalue weighted by atomic mass is 9.63. The summed E-state index contributed by atoms with van der Waals surface area (Å²) in [5.74, 6) is 2.11. The zero-order valence-electron chi connectivity index (χ0n) is 11.1. The highest BCUT2D eigenvalue weighted by molar-refractivity contribution is 5.54. The number of benzene rings is 1. The molecule has 2 aliphatic rings. The molecule has 3 rings (SSSR count). The molecule has 0 radical (unpaired) electrons. The Kier molecular flexibility index (Phi) is 2.69. The summed E-state index contributed by atoms with van der Waals surface area (Å²) < 4.78 is 6.27. The van der Waals surface area contributed by atoms with E-state index in [9.17, 15) is 4.79 Å². The number of carbonyl (C=O) groups excluding carboxylic acids is 1. The van der Waals surface area contributed by atoms with E-state index >= 15 is 0 Å². The standard InChI is InChI=1S/C16H20O2/c1-11-13(10-17)7-8-16(2)14(11)9-12-5-3-4-6-15(12)18-16/h3-6,10-11,13-14H,7-9H2,1-2H3/t11-,13+,14-,16+/m0/s1. The van der Waals surface area contributed by atoms with Gasteiger partial charge in [-0.25, -0.2) is 0 Å². The lowest BCUT2D eigenvalue weighted by molar-refractivity contribution is -0.120. The molecular weight excluding hydrogens is 224 g/mol. The van der Waals surface area contributed by atoms with Gasteiger partial charge in [-0.3, -0.25) is 0 Å². The Hall–Kier alpha value is -1.31. The van der Waals surface area contributed by atoms with E-state index in [-0.39, 0.29) is 11.5 Å². The summed E-state index contributed by atoms with van der Waals surface area (Å²) in [5, 5.41) is 0. The molecular formula is C16H20O2. The molecule has 0 N–H and O–H groups in total. The summed E-state index contributed by atoms with van der Waals surface area (Å²) >= 11 is 0. The van der Waals surface area contributed by atoms with Crippen molar-refractivity contribution < 1.29 is 9.53 Å². The smallest absolute Gasteiger partial charge is 0.123 e. The fraction of sp³-hybridized carbons (Fsp3) is 0.562. The SMILES string of the molecule is C[C@H]1[C@@H](C=O)CC[C@@]2(C)Oc3ccccc3C[C@@H]12. The predicted octanol–water partition coefficient (Wildman–Crippen LogP) is 3.24. The zero-order valence-corrected chi connectivity index (χ0v) is 11.1. The van der Waals surface area contributed by atoms with Crippen LogP contribution < -0.4 is 4.74 Å². The maximum atomic E-state index is 11.2. The van der Waals surface area contributed by atoms with E-state index in [0.29, 0.717) is 11.8 Å². The van der Waals surface area contributed by atoms with E-state index in [1.165, 1.54) is 5.56 Å². The van der Waals surface area contributed by atoms with E-state index in [2.05, 4.69) is 32.0 Å². The molecule has 1 heterocycles. The summed E-state index contributed by atoms with van der Waals surface area (Å²) in [6, 6.07) is 8.30. The third kappa shape index (κ3) is 1.66. The number of hydrogen-bond donors (Lipinski definition) is 0. The van der Waals surface area contributed by atoms with Crippen molar-refractivity contribution in [2.75, 3.05) is 0 Å². The Bertz CT molecular complexity index is 468. The minimum atomic E-state index is -0.0900. The maximum Gasteiger partial charge on any atom is 0.123 e. The molecule has 4 atom stereocenters. The molecule has 1 aliphatic carbocycles. The van der Waals surface area contributed by atoms with Crippen molar-refractivity contribution in [2.45, 2.75) is 38.7 Å². The Morgan fingerprint density at radius 2 is 2.17 bits per heavy atom. The van der Waals surface area contributed by atoms with E-state index in [0.717, 1.165) is 31.3 Å². The summed E-state index contributed by atoms with van der Waals surface area (Å²) in [6.45, 7) is 4.42. The molecule has 0 unspecified atom stereocenters. The summed E-state index contributed by atoms with van der Waals surface area (Å²) in [7, 11) is 0. The molecule has 1 fully saturated rings. The molecule has 0 saturated heterocycles. The second-order valence-corrected chi connectivity index (χ2v) is 6.03. The van der Waals surface area contributed by atoms with Crippen LogP contribution in [0.2, 0.25) is 0 Å². The summed E-state index contributed by atoms with van der Waals surface area (Å²) in [6.07, 6.45) is 4.13. The van der Waals surface area contributed by atoms with E-state index in [1.807, 2.05) is 6.07 Å². The van der Waals surface area contributed by atoms with Gasteiger partial charge in [-0.1, -0.05) is 25.1 Å². The lowest BCUT2D eigenvalue weighted by Gasteiger charge is -2.50. The van der Waals surface area contributed by atoms with Crippen LogP contribution in [-0.4, -0.2) is 11.9 Å². The van der Waals surface area contributed by atoms with Gasteiger partial charge in [0.15, 0.2) is 0 Å². The van der Waals surface area contributed by atoms with Gasteiger partial charge in [0.05, 0.1) is 0 Å². The van der Waals surface area contributed by atoms with Gasteiger partial charge in [0, 0.05) is 11.8 Å². The van der Waals surface area contributed by atoms with Crippen molar-refractivity contribution in [2.24, 2.45) is 17.8 Å². The van der Waals surface area contributed by atoms with Crippen LogP contribution in [0.3, 0.4) is 0 Å². The van der Waals surface area contributed by atoms with Gasteiger partial charge < -0.3 is 9.53 Å². The number of carbonyl (C=O) groups is 1. The molecule has 1 aromatic carbocycles. The summed E-state index contributed by atoms with van der Waals surface area (Å²) in [5.41, 5.74) is 1.20. The molecule has 0 spiro atoms. The Morgan fingerprint density at radius 3 is 2.94 bits per heavy atom.